The van der Waals surface area contributed by atoms with E-state index in [1.807, 2.05) is 19.9 Å². The van der Waals surface area contributed by atoms with Crippen molar-refractivity contribution in [3.05, 3.63) is 38.3 Å². The summed E-state index contributed by atoms with van der Waals surface area (Å²) in [6.07, 6.45) is 3.60. The highest BCUT2D eigenvalue weighted by molar-refractivity contribution is 9.10. The Bertz CT molecular complexity index is 703. The van der Waals surface area contributed by atoms with Crippen LogP contribution < -0.4 is 11.5 Å². The van der Waals surface area contributed by atoms with Gasteiger partial charge in [-0.05, 0) is 47.5 Å². The topological polar surface area (TPSA) is 89.2 Å². The standard InChI is InChI=1S/C14H16BrCl2N5O/c1-14(2)21-12(18)20-13(19)22(14)23-5-3-4-8-6-11(17)9(15)7-10(8)16/h3-4,6-7H,5H2,1-2H3,(H4,18,19,20,21)/b4-3+. The van der Waals surface area contributed by atoms with E-state index in [-0.39, 0.29) is 18.5 Å². The van der Waals surface area contributed by atoms with Gasteiger partial charge in [0.25, 0.3) is 0 Å². The summed E-state index contributed by atoms with van der Waals surface area (Å²) in [6, 6.07) is 3.50. The van der Waals surface area contributed by atoms with E-state index in [1.165, 1.54) is 5.06 Å². The van der Waals surface area contributed by atoms with Crippen molar-refractivity contribution >= 4 is 57.1 Å². The van der Waals surface area contributed by atoms with E-state index in [4.69, 9.17) is 39.5 Å². The molecule has 1 heterocycles. The number of nitrogens with two attached hydrogens (primary N) is 2. The van der Waals surface area contributed by atoms with E-state index in [2.05, 4.69) is 25.9 Å². The number of halogens is 3. The van der Waals surface area contributed by atoms with Gasteiger partial charge in [0.15, 0.2) is 5.66 Å². The highest BCUT2D eigenvalue weighted by atomic mass is 79.9. The fourth-order valence-corrected chi connectivity index (χ4v) is 2.85. The lowest BCUT2D eigenvalue weighted by Crippen LogP contribution is -2.53. The average Bonchev–Trinajstić information content (AvgIpc) is 2.41. The molecule has 0 atom stereocenters. The molecule has 0 amide bonds. The number of aliphatic imine (C=N–C) groups is 2. The molecule has 0 radical (unpaired) electrons. The van der Waals surface area contributed by atoms with Gasteiger partial charge in [0.2, 0.25) is 11.9 Å². The van der Waals surface area contributed by atoms with Crippen LogP contribution in [0.1, 0.15) is 19.4 Å². The molecule has 0 aromatic heterocycles. The predicted octanol–water partition coefficient (Wildman–Crippen LogP) is 3.38. The van der Waals surface area contributed by atoms with E-state index in [0.29, 0.717) is 10.0 Å². The molecule has 23 heavy (non-hydrogen) atoms. The average molecular weight is 421 g/mol. The Morgan fingerprint density at radius 3 is 2.65 bits per heavy atom. The SMILES string of the molecule is CC1(C)N=C(N)N=C(N)N1OC/C=C/c1cc(Cl)c(Br)cc1Cl. The van der Waals surface area contributed by atoms with Crippen LogP contribution in [0.15, 0.2) is 32.7 Å². The quantitative estimate of drug-likeness (QED) is 0.730. The fourth-order valence-electron chi connectivity index (χ4n) is 1.98. The van der Waals surface area contributed by atoms with Gasteiger partial charge < -0.3 is 11.5 Å². The van der Waals surface area contributed by atoms with Gasteiger partial charge in [-0.15, -0.1) is 0 Å². The van der Waals surface area contributed by atoms with Gasteiger partial charge in [-0.25, -0.2) is 4.99 Å². The summed E-state index contributed by atoms with van der Waals surface area (Å²) in [4.78, 5) is 13.7. The fraction of sp³-hybridized carbons (Fsp3) is 0.286. The predicted molar refractivity (Wildman–Crippen MR) is 98.3 cm³/mol. The van der Waals surface area contributed by atoms with Crippen LogP contribution in [-0.4, -0.2) is 29.3 Å². The van der Waals surface area contributed by atoms with Gasteiger partial charge >= 0.3 is 0 Å². The van der Waals surface area contributed by atoms with Crippen molar-refractivity contribution in [2.24, 2.45) is 21.5 Å². The summed E-state index contributed by atoms with van der Waals surface area (Å²) in [7, 11) is 0. The van der Waals surface area contributed by atoms with Crippen molar-refractivity contribution in [3.8, 4) is 0 Å². The molecule has 0 spiro atoms. The van der Waals surface area contributed by atoms with Crippen molar-refractivity contribution in [1.82, 2.24) is 5.06 Å². The monoisotopic (exact) mass is 419 g/mol. The Morgan fingerprint density at radius 1 is 1.30 bits per heavy atom. The molecule has 6 nitrogen and oxygen atoms in total. The van der Waals surface area contributed by atoms with Crippen LogP contribution in [0.25, 0.3) is 6.08 Å². The molecule has 4 N–H and O–H groups in total. The molecule has 1 aliphatic rings. The second-order valence-corrected chi connectivity index (χ2v) is 6.88. The second-order valence-electron chi connectivity index (χ2n) is 5.21. The number of hydroxylamine groups is 2. The number of nitrogens with zero attached hydrogens (tertiary/aromatic N) is 3. The summed E-state index contributed by atoms with van der Waals surface area (Å²) < 4.78 is 0.743. The van der Waals surface area contributed by atoms with Crippen LogP contribution in [0, 0.1) is 0 Å². The van der Waals surface area contributed by atoms with Crippen LogP contribution in [0.5, 0.6) is 0 Å². The van der Waals surface area contributed by atoms with Gasteiger partial charge in [-0.1, -0.05) is 35.4 Å². The first kappa shape index (κ1) is 18.1. The lowest BCUT2D eigenvalue weighted by molar-refractivity contribution is -0.146. The van der Waals surface area contributed by atoms with E-state index < -0.39 is 5.66 Å². The molecule has 0 fully saturated rings. The molecule has 0 aliphatic carbocycles. The van der Waals surface area contributed by atoms with Gasteiger partial charge in [-0.2, -0.15) is 10.1 Å². The Morgan fingerprint density at radius 2 is 2.00 bits per heavy atom. The largest absolute Gasteiger partial charge is 0.368 e. The molecule has 1 aliphatic heterocycles. The van der Waals surface area contributed by atoms with Gasteiger partial charge in [0, 0.05) is 9.50 Å². The molecule has 124 valence electrons. The summed E-state index contributed by atoms with van der Waals surface area (Å²) >= 11 is 15.5. The zero-order chi connectivity index (χ0) is 17.2. The Labute approximate surface area is 152 Å². The third-order valence-electron chi connectivity index (χ3n) is 2.96. The van der Waals surface area contributed by atoms with Crippen molar-refractivity contribution < 1.29 is 4.84 Å². The minimum atomic E-state index is -0.734. The maximum absolute atomic E-state index is 6.15. The molecule has 9 heteroatoms. The summed E-state index contributed by atoms with van der Waals surface area (Å²) in [5.74, 6) is 0.278. The number of hydrogen-bond donors (Lipinski definition) is 2. The Kier molecular flexibility index (Phi) is 5.57. The Hall–Kier alpha value is -1.28. The maximum atomic E-state index is 6.15. The zero-order valence-corrected chi connectivity index (χ0v) is 15.7. The Balaban J connectivity index is 2.03. The lowest BCUT2D eigenvalue weighted by Gasteiger charge is -2.36. The minimum absolute atomic E-state index is 0.124. The molecule has 0 saturated carbocycles. The van der Waals surface area contributed by atoms with E-state index >= 15 is 0 Å². The molecule has 1 aromatic rings. The molecule has 1 aromatic carbocycles. The smallest absolute Gasteiger partial charge is 0.226 e. The first-order valence-electron chi connectivity index (χ1n) is 6.64. The van der Waals surface area contributed by atoms with E-state index in [1.54, 1.807) is 18.2 Å². The maximum Gasteiger partial charge on any atom is 0.226 e. The summed E-state index contributed by atoms with van der Waals surface area (Å²) in [5.41, 5.74) is 11.5. The molecule has 0 bridgehead atoms. The normalized spacial score (nSPS) is 17.3. The summed E-state index contributed by atoms with van der Waals surface area (Å²) in [5, 5.41) is 2.56. The summed E-state index contributed by atoms with van der Waals surface area (Å²) in [6.45, 7) is 3.88. The first-order valence-corrected chi connectivity index (χ1v) is 8.19. The van der Waals surface area contributed by atoms with E-state index in [9.17, 15) is 0 Å². The third kappa shape index (κ3) is 4.38. The van der Waals surface area contributed by atoms with Crippen LogP contribution >= 0.6 is 39.1 Å². The number of benzene rings is 1. The molecule has 0 unspecified atom stereocenters. The highest BCUT2D eigenvalue weighted by Gasteiger charge is 2.32. The molecule has 2 rings (SSSR count). The van der Waals surface area contributed by atoms with Crippen molar-refractivity contribution in [3.63, 3.8) is 0 Å². The van der Waals surface area contributed by atoms with Crippen LogP contribution in [-0.2, 0) is 4.84 Å². The number of guanidine groups is 2. The molecular formula is C14H16BrCl2N5O. The number of hydrogen-bond acceptors (Lipinski definition) is 6. The zero-order valence-electron chi connectivity index (χ0n) is 12.6. The van der Waals surface area contributed by atoms with Crippen molar-refractivity contribution in [2.45, 2.75) is 19.5 Å². The number of rotatable bonds is 4. The van der Waals surface area contributed by atoms with Crippen molar-refractivity contribution in [2.75, 3.05) is 6.61 Å². The van der Waals surface area contributed by atoms with Crippen LogP contribution in [0.2, 0.25) is 10.0 Å². The second kappa shape index (κ2) is 7.09. The van der Waals surface area contributed by atoms with Crippen LogP contribution in [0.4, 0.5) is 0 Å². The van der Waals surface area contributed by atoms with Crippen molar-refractivity contribution in [1.29, 1.82) is 0 Å². The van der Waals surface area contributed by atoms with Gasteiger partial charge in [-0.3, -0.25) is 4.84 Å². The van der Waals surface area contributed by atoms with Gasteiger partial charge in [0.05, 0.1) is 11.6 Å². The van der Waals surface area contributed by atoms with Crippen LogP contribution in [0.3, 0.4) is 0 Å². The van der Waals surface area contributed by atoms with Gasteiger partial charge in [0.1, 0.15) is 0 Å². The third-order valence-corrected chi connectivity index (χ3v) is 4.48. The van der Waals surface area contributed by atoms with E-state index in [0.717, 1.165) is 10.0 Å². The molecule has 0 saturated heterocycles. The lowest BCUT2D eigenvalue weighted by atomic mass is 10.2. The minimum Gasteiger partial charge on any atom is -0.368 e. The first-order chi connectivity index (χ1) is 10.7. The highest BCUT2D eigenvalue weighted by Crippen LogP contribution is 2.30. The molecular weight excluding hydrogens is 405 g/mol.